The Hall–Kier alpha value is -2.75. The van der Waals surface area contributed by atoms with Crippen molar-refractivity contribution in [1.29, 1.82) is 0 Å². The smallest absolute Gasteiger partial charge is 0.269 e. The highest BCUT2D eigenvalue weighted by molar-refractivity contribution is 7.90. The molecule has 6 rings (SSSR count). The Morgan fingerprint density at radius 1 is 1.09 bits per heavy atom. The molecular formula is C23H25N5O3S. The van der Waals surface area contributed by atoms with E-state index in [0.29, 0.717) is 23.8 Å². The summed E-state index contributed by atoms with van der Waals surface area (Å²) in [7, 11) is -3.73. The third-order valence-corrected chi connectivity index (χ3v) is 8.36. The van der Waals surface area contributed by atoms with Crippen LogP contribution in [0.15, 0.2) is 53.7 Å². The molecule has 1 aliphatic heterocycles. The molecule has 2 fully saturated rings. The van der Waals surface area contributed by atoms with E-state index in [4.69, 9.17) is 9.72 Å². The molecule has 2 atom stereocenters. The Kier molecular flexibility index (Phi) is 4.60. The minimum absolute atomic E-state index is 0.244. The molecule has 1 aromatic carbocycles. The summed E-state index contributed by atoms with van der Waals surface area (Å²) in [4.78, 5) is 9.49. The molecule has 0 amide bonds. The SMILES string of the molecule is Cc1nc2cnc3c(ccn3S(=O)(=O)c3ccccc3)c2n1[C@@H]1CC[C@@H](NC2COC2)C1. The van der Waals surface area contributed by atoms with Crippen LogP contribution in [0, 0.1) is 6.92 Å². The Bertz CT molecular complexity index is 1410. The summed E-state index contributed by atoms with van der Waals surface area (Å²) in [6, 6.07) is 11.6. The number of nitrogens with one attached hydrogen (secondary N) is 1. The van der Waals surface area contributed by atoms with Crippen molar-refractivity contribution >= 4 is 32.1 Å². The zero-order valence-electron chi connectivity index (χ0n) is 17.8. The number of aryl methyl sites for hydroxylation is 1. The first kappa shape index (κ1) is 19.9. The molecule has 0 bridgehead atoms. The first-order valence-electron chi connectivity index (χ1n) is 11.0. The fraction of sp³-hybridized carbons (Fsp3) is 0.391. The third-order valence-electron chi connectivity index (χ3n) is 6.68. The van der Waals surface area contributed by atoms with Gasteiger partial charge in [0.1, 0.15) is 11.3 Å². The second-order valence-corrected chi connectivity index (χ2v) is 10.6. The van der Waals surface area contributed by atoms with Crippen LogP contribution in [0.3, 0.4) is 0 Å². The van der Waals surface area contributed by atoms with E-state index in [1.54, 1.807) is 42.7 Å². The Morgan fingerprint density at radius 2 is 1.91 bits per heavy atom. The van der Waals surface area contributed by atoms with Crippen LogP contribution in [0.2, 0.25) is 0 Å². The summed E-state index contributed by atoms with van der Waals surface area (Å²) in [5.41, 5.74) is 2.20. The molecule has 1 saturated carbocycles. The number of rotatable bonds is 5. The summed E-state index contributed by atoms with van der Waals surface area (Å²) >= 11 is 0. The fourth-order valence-corrected chi connectivity index (χ4v) is 6.44. The second kappa shape index (κ2) is 7.40. The lowest BCUT2D eigenvalue weighted by atomic mass is 10.1. The summed E-state index contributed by atoms with van der Waals surface area (Å²) in [5, 5.41) is 4.51. The van der Waals surface area contributed by atoms with Gasteiger partial charge in [-0.3, -0.25) is 0 Å². The molecule has 32 heavy (non-hydrogen) atoms. The average molecular weight is 452 g/mol. The van der Waals surface area contributed by atoms with Gasteiger partial charge in [-0.25, -0.2) is 22.4 Å². The summed E-state index contributed by atoms with van der Waals surface area (Å²) in [6.45, 7) is 3.61. The topological polar surface area (TPSA) is 91.0 Å². The van der Waals surface area contributed by atoms with Crippen molar-refractivity contribution < 1.29 is 13.2 Å². The number of ether oxygens (including phenoxy) is 1. The molecule has 4 heterocycles. The largest absolute Gasteiger partial charge is 0.378 e. The molecule has 1 aliphatic carbocycles. The number of benzene rings is 1. The summed E-state index contributed by atoms with van der Waals surface area (Å²) in [6.07, 6.45) is 6.48. The van der Waals surface area contributed by atoms with E-state index in [0.717, 1.165) is 54.7 Å². The van der Waals surface area contributed by atoms with Crippen LogP contribution in [-0.4, -0.2) is 52.2 Å². The van der Waals surface area contributed by atoms with Crippen LogP contribution in [0.4, 0.5) is 0 Å². The number of hydrogen-bond acceptors (Lipinski definition) is 6. The zero-order chi connectivity index (χ0) is 21.9. The minimum atomic E-state index is -3.73. The summed E-state index contributed by atoms with van der Waals surface area (Å²) in [5.74, 6) is 0.936. The van der Waals surface area contributed by atoms with Gasteiger partial charge >= 0.3 is 0 Å². The second-order valence-electron chi connectivity index (χ2n) is 8.75. The van der Waals surface area contributed by atoms with E-state index in [1.165, 1.54) is 3.97 Å². The van der Waals surface area contributed by atoms with E-state index in [9.17, 15) is 8.42 Å². The van der Waals surface area contributed by atoms with Gasteiger partial charge in [0.25, 0.3) is 10.0 Å². The number of imidazole rings is 1. The number of aromatic nitrogens is 4. The lowest BCUT2D eigenvalue weighted by molar-refractivity contribution is -0.00979. The van der Waals surface area contributed by atoms with Crippen molar-refractivity contribution in [2.45, 2.75) is 49.2 Å². The maximum Gasteiger partial charge on any atom is 0.269 e. The third kappa shape index (κ3) is 3.07. The van der Waals surface area contributed by atoms with Gasteiger partial charge in [0, 0.05) is 23.7 Å². The normalized spacial score (nSPS) is 22.0. The van der Waals surface area contributed by atoms with Crippen LogP contribution in [-0.2, 0) is 14.8 Å². The van der Waals surface area contributed by atoms with Crippen molar-refractivity contribution in [3.63, 3.8) is 0 Å². The van der Waals surface area contributed by atoms with Crippen molar-refractivity contribution in [2.24, 2.45) is 0 Å². The lowest BCUT2D eigenvalue weighted by Gasteiger charge is -2.30. The Balaban J connectivity index is 1.43. The van der Waals surface area contributed by atoms with Crippen molar-refractivity contribution in [2.75, 3.05) is 13.2 Å². The Morgan fingerprint density at radius 3 is 2.66 bits per heavy atom. The molecule has 0 spiro atoms. The number of pyridine rings is 1. The Labute approximate surface area is 186 Å². The molecule has 8 nitrogen and oxygen atoms in total. The maximum absolute atomic E-state index is 13.3. The van der Waals surface area contributed by atoms with Crippen molar-refractivity contribution in [3.8, 4) is 0 Å². The van der Waals surface area contributed by atoms with Gasteiger partial charge in [-0.2, -0.15) is 0 Å². The predicted molar refractivity (Wildman–Crippen MR) is 121 cm³/mol. The number of nitrogens with zero attached hydrogens (tertiary/aromatic N) is 4. The van der Waals surface area contributed by atoms with Crippen LogP contribution >= 0.6 is 0 Å². The molecule has 4 aromatic rings. The van der Waals surface area contributed by atoms with Gasteiger partial charge in [-0.1, -0.05) is 18.2 Å². The van der Waals surface area contributed by atoms with E-state index in [1.807, 2.05) is 13.0 Å². The molecule has 3 aromatic heterocycles. The van der Waals surface area contributed by atoms with Crippen LogP contribution in [0.1, 0.15) is 31.1 Å². The fourth-order valence-electron chi connectivity index (χ4n) is 5.12. The molecular weight excluding hydrogens is 426 g/mol. The van der Waals surface area contributed by atoms with Crippen LogP contribution < -0.4 is 5.32 Å². The van der Waals surface area contributed by atoms with E-state index in [-0.39, 0.29) is 4.90 Å². The standard InChI is InChI=1S/C23H25N5O3S/c1-15-25-21-12-24-23-20(9-10-27(23)32(29,30)19-5-3-2-4-6-19)22(21)28(15)18-8-7-16(11-18)26-17-13-31-14-17/h2-6,9-10,12,16-18,26H,7-8,11,13-14H2,1H3/t16-,18-/m1/s1. The molecule has 9 heteroatoms. The van der Waals surface area contributed by atoms with Crippen LogP contribution in [0.5, 0.6) is 0 Å². The predicted octanol–water partition coefficient (Wildman–Crippen LogP) is 3.01. The highest BCUT2D eigenvalue weighted by atomic mass is 32.2. The minimum Gasteiger partial charge on any atom is -0.378 e. The lowest BCUT2D eigenvalue weighted by Crippen LogP contribution is -2.49. The van der Waals surface area contributed by atoms with Gasteiger partial charge in [-0.05, 0) is 44.4 Å². The molecule has 2 aliphatic rings. The van der Waals surface area contributed by atoms with Gasteiger partial charge in [0.05, 0.1) is 35.9 Å². The van der Waals surface area contributed by atoms with Gasteiger partial charge < -0.3 is 14.6 Å². The highest BCUT2D eigenvalue weighted by Crippen LogP contribution is 2.37. The zero-order valence-corrected chi connectivity index (χ0v) is 18.6. The molecule has 1 saturated heterocycles. The van der Waals surface area contributed by atoms with Gasteiger partial charge in [0.2, 0.25) is 0 Å². The molecule has 0 unspecified atom stereocenters. The first-order chi connectivity index (χ1) is 15.5. The molecule has 0 radical (unpaired) electrons. The van der Waals surface area contributed by atoms with E-state index >= 15 is 0 Å². The molecule has 1 N–H and O–H groups in total. The van der Waals surface area contributed by atoms with Gasteiger partial charge in [0.15, 0.2) is 5.65 Å². The molecule has 166 valence electrons. The highest BCUT2D eigenvalue weighted by Gasteiger charge is 2.32. The average Bonchev–Trinajstić information content (AvgIpc) is 3.47. The van der Waals surface area contributed by atoms with Crippen molar-refractivity contribution in [3.05, 3.63) is 54.6 Å². The summed E-state index contributed by atoms with van der Waals surface area (Å²) < 4.78 is 35.4. The quantitative estimate of drug-likeness (QED) is 0.502. The van der Waals surface area contributed by atoms with E-state index in [2.05, 4.69) is 14.9 Å². The van der Waals surface area contributed by atoms with Crippen LogP contribution in [0.25, 0.3) is 22.1 Å². The van der Waals surface area contributed by atoms with E-state index < -0.39 is 10.0 Å². The maximum atomic E-state index is 13.3. The monoisotopic (exact) mass is 451 g/mol. The van der Waals surface area contributed by atoms with Crippen molar-refractivity contribution in [1.82, 2.24) is 23.8 Å². The number of hydrogen-bond donors (Lipinski definition) is 1. The number of fused-ring (bicyclic) bond motifs is 3. The first-order valence-corrected chi connectivity index (χ1v) is 12.5. The van der Waals surface area contributed by atoms with Gasteiger partial charge in [-0.15, -0.1) is 0 Å².